The van der Waals surface area contributed by atoms with E-state index < -0.39 is 0 Å². The van der Waals surface area contributed by atoms with Crippen molar-refractivity contribution in [1.82, 2.24) is 4.98 Å². The predicted molar refractivity (Wildman–Crippen MR) is 81.6 cm³/mol. The van der Waals surface area contributed by atoms with Crippen LogP contribution >= 0.6 is 0 Å². The van der Waals surface area contributed by atoms with Gasteiger partial charge in [0.15, 0.2) is 0 Å². The molecule has 5 heteroatoms. The zero-order valence-corrected chi connectivity index (χ0v) is 12.6. The van der Waals surface area contributed by atoms with E-state index in [9.17, 15) is 0 Å². The van der Waals surface area contributed by atoms with Gasteiger partial charge in [0, 0.05) is 25.9 Å². The Morgan fingerprint density at radius 1 is 1.50 bits per heavy atom. The van der Waals surface area contributed by atoms with Crippen molar-refractivity contribution < 1.29 is 4.74 Å². The molecule has 0 spiro atoms. The number of likely N-dealkylation sites (N-methyl/N-ethyl adjacent to an activating group) is 1. The number of pyridine rings is 1. The lowest BCUT2D eigenvalue weighted by atomic mass is 10.1. The third-order valence-electron chi connectivity index (χ3n) is 3.74. The van der Waals surface area contributed by atoms with Gasteiger partial charge in [-0.15, -0.1) is 0 Å². The maximum absolute atomic E-state index is 7.78. The number of aryl methyl sites for hydroxylation is 2. The van der Waals surface area contributed by atoms with Gasteiger partial charge in [0.1, 0.15) is 5.84 Å². The molecule has 5 nitrogen and oxygen atoms in total. The van der Waals surface area contributed by atoms with E-state index in [0.717, 1.165) is 48.6 Å². The second-order valence-corrected chi connectivity index (χ2v) is 5.53. The van der Waals surface area contributed by atoms with E-state index in [1.54, 1.807) is 0 Å². The molecule has 1 unspecified atom stereocenters. The minimum atomic E-state index is 0.0708. The van der Waals surface area contributed by atoms with Crippen LogP contribution in [0.4, 0.5) is 5.69 Å². The topological polar surface area (TPSA) is 75.2 Å². The molecule has 0 aromatic carbocycles. The van der Waals surface area contributed by atoms with Gasteiger partial charge in [0.25, 0.3) is 0 Å². The molecule has 0 saturated carbocycles. The third kappa shape index (κ3) is 3.28. The molecule has 0 aliphatic carbocycles. The van der Waals surface area contributed by atoms with Crippen LogP contribution in [0.25, 0.3) is 0 Å². The molecule has 1 atom stereocenters. The first-order valence-corrected chi connectivity index (χ1v) is 7.14. The van der Waals surface area contributed by atoms with E-state index in [1.807, 2.05) is 27.0 Å². The quantitative estimate of drug-likeness (QED) is 0.651. The molecule has 2 rings (SSSR count). The zero-order chi connectivity index (χ0) is 14.7. The lowest BCUT2D eigenvalue weighted by Gasteiger charge is -2.30. The summed E-state index contributed by atoms with van der Waals surface area (Å²) in [4.78, 5) is 6.54. The standard InChI is InChI=1S/C15H24N4O/c1-10-8-13(14(15(16)17)11(2)18-10)19(3)9-12-6-4-5-7-20-12/h8,12H,4-7,9H2,1-3H3,(H3,16,17). The van der Waals surface area contributed by atoms with Crippen LogP contribution in [0.3, 0.4) is 0 Å². The smallest absolute Gasteiger partial charge is 0.126 e. The van der Waals surface area contributed by atoms with Crippen LogP contribution in [0.2, 0.25) is 0 Å². The number of nitrogens with zero attached hydrogens (tertiary/aromatic N) is 2. The van der Waals surface area contributed by atoms with Crippen molar-refractivity contribution in [1.29, 1.82) is 5.41 Å². The number of hydrogen-bond acceptors (Lipinski definition) is 4. The van der Waals surface area contributed by atoms with E-state index in [4.69, 9.17) is 15.9 Å². The maximum atomic E-state index is 7.78. The van der Waals surface area contributed by atoms with Crippen molar-refractivity contribution in [3.8, 4) is 0 Å². The summed E-state index contributed by atoms with van der Waals surface area (Å²) in [6.45, 7) is 5.54. The Labute approximate surface area is 120 Å². The zero-order valence-electron chi connectivity index (χ0n) is 12.6. The van der Waals surface area contributed by atoms with Crippen molar-refractivity contribution in [2.45, 2.75) is 39.2 Å². The Morgan fingerprint density at radius 3 is 2.85 bits per heavy atom. The van der Waals surface area contributed by atoms with Crippen LogP contribution in [0.5, 0.6) is 0 Å². The number of nitrogens with one attached hydrogen (secondary N) is 1. The van der Waals surface area contributed by atoms with Crippen LogP contribution in [0, 0.1) is 19.3 Å². The van der Waals surface area contributed by atoms with Gasteiger partial charge in [0.05, 0.1) is 23.0 Å². The summed E-state index contributed by atoms with van der Waals surface area (Å²) in [5, 5.41) is 7.78. The molecule has 0 radical (unpaired) electrons. The molecular formula is C15H24N4O. The van der Waals surface area contributed by atoms with Crippen molar-refractivity contribution in [3.05, 3.63) is 23.0 Å². The highest BCUT2D eigenvalue weighted by Crippen LogP contribution is 2.24. The van der Waals surface area contributed by atoms with Gasteiger partial charge in [-0.1, -0.05) is 0 Å². The lowest BCUT2D eigenvalue weighted by molar-refractivity contribution is 0.0216. The van der Waals surface area contributed by atoms with Crippen molar-refractivity contribution in [3.63, 3.8) is 0 Å². The average Bonchev–Trinajstić information content (AvgIpc) is 2.38. The molecule has 1 fully saturated rings. The molecule has 1 aromatic heterocycles. The lowest BCUT2D eigenvalue weighted by Crippen LogP contribution is -2.34. The first-order chi connectivity index (χ1) is 9.49. The highest BCUT2D eigenvalue weighted by molar-refractivity contribution is 6.01. The molecule has 1 saturated heterocycles. The number of rotatable bonds is 4. The average molecular weight is 276 g/mol. The molecule has 1 aliphatic rings. The van der Waals surface area contributed by atoms with E-state index in [2.05, 4.69) is 9.88 Å². The molecule has 2 heterocycles. The fourth-order valence-electron chi connectivity index (χ4n) is 2.80. The van der Waals surface area contributed by atoms with E-state index >= 15 is 0 Å². The number of anilines is 1. The van der Waals surface area contributed by atoms with E-state index in [-0.39, 0.29) is 11.9 Å². The van der Waals surface area contributed by atoms with Crippen molar-refractivity contribution in [2.75, 3.05) is 25.1 Å². The second kappa shape index (κ2) is 6.22. The van der Waals surface area contributed by atoms with Crippen LogP contribution in [0.15, 0.2) is 6.07 Å². The fraction of sp³-hybridized carbons (Fsp3) is 0.600. The first-order valence-electron chi connectivity index (χ1n) is 7.14. The minimum absolute atomic E-state index is 0.0708. The summed E-state index contributed by atoms with van der Waals surface area (Å²) in [6.07, 6.45) is 3.75. The number of nitrogen functional groups attached to an aromatic ring is 1. The first kappa shape index (κ1) is 14.8. The normalized spacial score (nSPS) is 18.9. The summed E-state index contributed by atoms with van der Waals surface area (Å²) in [7, 11) is 2.03. The van der Waals surface area contributed by atoms with Crippen molar-refractivity contribution in [2.24, 2.45) is 5.73 Å². The summed E-state index contributed by atoms with van der Waals surface area (Å²) in [6, 6.07) is 1.99. The molecule has 3 N–H and O–H groups in total. The number of nitrogens with two attached hydrogens (primary N) is 1. The van der Waals surface area contributed by atoms with Crippen molar-refractivity contribution >= 4 is 11.5 Å². The molecule has 110 valence electrons. The van der Waals surface area contributed by atoms with Crippen LogP contribution in [-0.2, 0) is 4.74 Å². The van der Waals surface area contributed by atoms with Crippen LogP contribution < -0.4 is 10.6 Å². The summed E-state index contributed by atoms with van der Waals surface area (Å²) < 4.78 is 5.79. The van der Waals surface area contributed by atoms with E-state index in [0.29, 0.717) is 0 Å². The molecule has 0 amide bonds. The number of aromatic nitrogens is 1. The monoisotopic (exact) mass is 276 g/mol. The maximum Gasteiger partial charge on any atom is 0.126 e. The summed E-state index contributed by atoms with van der Waals surface area (Å²) in [5.41, 5.74) is 9.17. The predicted octanol–water partition coefficient (Wildman–Crippen LogP) is 1.99. The van der Waals surface area contributed by atoms with Gasteiger partial charge in [-0.3, -0.25) is 10.4 Å². The van der Waals surface area contributed by atoms with Gasteiger partial charge in [0.2, 0.25) is 0 Å². The number of ether oxygens (including phenoxy) is 1. The van der Waals surface area contributed by atoms with E-state index in [1.165, 1.54) is 6.42 Å². The van der Waals surface area contributed by atoms with Gasteiger partial charge >= 0.3 is 0 Å². The Balaban J connectivity index is 2.23. The highest BCUT2D eigenvalue weighted by atomic mass is 16.5. The summed E-state index contributed by atoms with van der Waals surface area (Å²) >= 11 is 0. The Bertz CT molecular complexity index is 495. The molecule has 1 aromatic rings. The van der Waals surface area contributed by atoms with Crippen LogP contribution in [-0.4, -0.2) is 37.1 Å². The van der Waals surface area contributed by atoms with Gasteiger partial charge < -0.3 is 15.4 Å². The molecule has 0 bridgehead atoms. The largest absolute Gasteiger partial charge is 0.384 e. The summed E-state index contributed by atoms with van der Waals surface area (Å²) in [5.74, 6) is 0.0708. The van der Waals surface area contributed by atoms with Crippen LogP contribution in [0.1, 0.15) is 36.2 Å². The Morgan fingerprint density at radius 2 is 2.25 bits per heavy atom. The Hall–Kier alpha value is -1.62. The Kier molecular flexibility index (Phi) is 4.60. The molecule has 20 heavy (non-hydrogen) atoms. The van der Waals surface area contributed by atoms with Gasteiger partial charge in [-0.05, 0) is 39.2 Å². The number of hydrogen-bond donors (Lipinski definition) is 2. The van der Waals surface area contributed by atoms with Gasteiger partial charge in [-0.25, -0.2) is 0 Å². The molecule has 1 aliphatic heterocycles. The third-order valence-corrected chi connectivity index (χ3v) is 3.74. The SMILES string of the molecule is Cc1cc(N(C)CC2CCCCO2)c(C(=N)N)c(C)n1. The highest BCUT2D eigenvalue weighted by Gasteiger charge is 2.20. The van der Waals surface area contributed by atoms with Gasteiger partial charge in [-0.2, -0.15) is 0 Å². The minimum Gasteiger partial charge on any atom is -0.384 e. The second-order valence-electron chi connectivity index (χ2n) is 5.53. The molecular weight excluding hydrogens is 252 g/mol. The fourth-order valence-corrected chi connectivity index (χ4v) is 2.80. The number of amidine groups is 1.